The molecular formula is C37H52IrNO2-. The number of ketones is 1. The second kappa shape index (κ2) is 16.4. The van der Waals surface area contributed by atoms with Crippen molar-refractivity contribution in [3.63, 3.8) is 0 Å². The maximum atomic E-state index is 12.5. The van der Waals surface area contributed by atoms with Crippen LogP contribution in [0, 0.1) is 30.7 Å². The summed E-state index contributed by atoms with van der Waals surface area (Å²) in [5.41, 5.74) is 5.35. The third-order valence-electron chi connectivity index (χ3n) is 9.25. The zero-order valence-electron chi connectivity index (χ0n) is 27.1. The summed E-state index contributed by atoms with van der Waals surface area (Å²) >= 11 is 0. The first-order valence-corrected chi connectivity index (χ1v) is 15.3. The number of aromatic nitrogens is 1. The maximum Gasteiger partial charge on any atom is 0.165 e. The number of nitrogens with zero attached hydrogens (tertiary/aromatic N) is 1. The van der Waals surface area contributed by atoms with Crippen molar-refractivity contribution in [3.8, 4) is 11.3 Å². The van der Waals surface area contributed by atoms with Gasteiger partial charge in [-0.1, -0.05) is 87.4 Å². The predicted octanol–water partition coefficient (Wildman–Crippen LogP) is 10.9. The van der Waals surface area contributed by atoms with Gasteiger partial charge in [-0.25, -0.2) is 0 Å². The fraction of sp³-hybridized carbons (Fsp3) is 0.514. The second-order valence-corrected chi connectivity index (χ2v) is 11.6. The average molecular weight is 735 g/mol. The Balaban J connectivity index is 0.000000403. The molecule has 227 valence electrons. The van der Waals surface area contributed by atoms with Gasteiger partial charge in [0, 0.05) is 43.2 Å². The summed E-state index contributed by atoms with van der Waals surface area (Å²) in [6, 6.07) is 16.5. The minimum Gasteiger partial charge on any atom is -0.512 e. The Morgan fingerprint density at radius 1 is 0.878 bits per heavy atom. The Labute approximate surface area is 263 Å². The third kappa shape index (κ3) is 8.62. The summed E-state index contributed by atoms with van der Waals surface area (Å²) in [6.45, 7) is 21.1. The van der Waals surface area contributed by atoms with E-state index in [4.69, 9.17) is 0 Å². The molecule has 0 aliphatic rings. The van der Waals surface area contributed by atoms with Crippen LogP contribution >= 0.6 is 0 Å². The number of carbonyl (C=O) groups is 1. The first-order chi connectivity index (χ1) is 19.0. The summed E-state index contributed by atoms with van der Waals surface area (Å²) in [5.74, 6) is 0.917. The molecule has 0 unspecified atom stereocenters. The van der Waals surface area contributed by atoms with Gasteiger partial charge >= 0.3 is 0 Å². The van der Waals surface area contributed by atoms with Crippen LogP contribution in [0.1, 0.15) is 117 Å². The molecule has 0 saturated carbocycles. The summed E-state index contributed by atoms with van der Waals surface area (Å²) in [5, 5.41) is 12.9. The van der Waals surface area contributed by atoms with Crippen molar-refractivity contribution in [2.24, 2.45) is 10.8 Å². The van der Waals surface area contributed by atoms with Crippen LogP contribution in [0.3, 0.4) is 0 Å². The van der Waals surface area contributed by atoms with Crippen molar-refractivity contribution in [2.45, 2.75) is 114 Å². The molecule has 0 bridgehead atoms. The molecule has 3 aromatic rings. The van der Waals surface area contributed by atoms with Crippen molar-refractivity contribution in [2.75, 3.05) is 0 Å². The van der Waals surface area contributed by atoms with E-state index in [9.17, 15) is 9.90 Å². The smallest absolute Gasteiger partial charge is 0.165 e. The van der Waals surface area contributed by atoms with E-state index >= 15 is 0 Å². The number of rotatable bonds is 11. The van der Waals surface area contributed by atoms with Crippen molar-refractivity contribution in [1.82, 2.24) is 4.98 Å². The molecule has 3 rings (SSSR count). The van der Waals surface area contributed by atoms with E-state index in [0.717, 1.165) is 55.3 Å². The number of hydrogen-bond acceptors (Lipinski definition) is 3. The van der Waals surface area contributed by atoms with Crippen LogP contribution in [0.4, 0.5) is 0 Å². The first-order valence-electron chi connectivity index (χ1n) is 15.3. The first kappa shape index (κ1) is 36.7. The Bertz CT molecular complexity index is 1260. The summed E-state index contributed by atoms with van der Waals surface area (Å²) < 4.78 is 0. The van der Waals surface area contributed by atoms with Gasteiger partial charge in [-0.15, -0.1) is 34.9 Å². The van der Waals surface area contributed by atoms with Crippen LogP contribution in [0.5, 0.6) is 0 Å². The topological polar surface area (TPSA) is 50.2 Å². The molecule has 1 radical (unpaired) electrons. The average Bonchev–Trinajstić information content (AvgIpc) is 2.94. The van der Waals surface area contributed by atoms with Gasteiger partial charge in [0.05, 0.1) is 0 Å². The van der Waals surface area contributed by atoms with E-state index in [-0.39, 0.29) is 42.5 Å². The number of pyridine rings is 1. The Kier molecular flexibility index (Phi) is 14.7. The van der Waals surface area contributed by atoms with Crippen LogP contribution in [0.15, 0.2) is 54.4 Å². The summed E-state index contributed by atoms with van der Waals surface area (Å²) in [6.07, 6.45) is 8.52. The molecule has 0 aliphatic carbocycles. The van der Waals surface area contributed by atoms with Crippen LogP contribution in [0.25, 0.3) is 22.0 Å². The molecule has 1 aromatic heterocycles. The quantitative estimate of drug-likeness (QED) is 0.121. The molecule has 1 N–H and O–H groups in total. The van der Waals surface area contributed by atoms with Gasteiger partial charge in [0.25, 0.3) is 0 Å². The molecule has 41 heavy (non-hydrogen) atoms. The summed E-state index contributed by atoms with van der Waals surface area (Å²) in [7, 11) is 0. The van der Waals surface area contributed by atoms with Crippen LogP contribution < -0.4 is 0 Å². The van der Waals surface area contributed by atoms with Crippen molar-refractivity contribution in [1.29, 1.82) is 0 Å². The zero-order chi connectivity index (χ0) is 30.1. The molecule has 0 spiro atoms. The maximum absolute atomic E-state index is 12.5. The van der Waals surface area contributed by atoms with Crippen LogP contribution in [0.2, 0.25) is 0 Å². The molecule has 3 nitrogen and oxygen atoms in total. The molecule has 0 aliphatic heterocycles. The van der Waals surface area contributed by atoms with Crippen molar-refractivity contribution < 1.29 is 30.0 Å². The number of aliphatic hydroxyl groups excluding tert-OH is 1. The van der Waals surface area contributed by atoms with Gasteiger partial charge in [-0.05, 0) is 72.5 Å². The van der Waals surface area contributed by atoms with Crippen molar-refractivity contribution in [3.05, 3.63) is 77.2 Å². The molecular weight excluding hydrogens is 683 g/mol. The van der Waals surface area contributed by atoms with E-state index < -0.39 is 0 Å². The van der Waals surface area contributed by atoms with E-state index in [1.807, 2.05) is 6.20 Å². The molecule has 0 atom stereocenters. The largest absolute Gasteiger partial charge is 0.512 e. The molecule has 0 fully saturated rings. The zero-order valence-corrected chi connectivity index (χ0v) is 29.5. The predicted molar refractivity (Wildman–Crippen MR) is 172 cm³/mol. The van der Waals surface area contributed by atoms with Gasteiger partial charge in [-0.3, -0.25) is 4.79 Å². The van der Waals surface area contributed by atoms with Gasteiger partial charge < -0.3 is 10.1 Å². The monoisotopic (exact) mass is 735 g/mol. The van der Waals surface area contributed by atoms with Gasteiger partial charge in [0.15, 0.2) is 5.78 Å². The standard InChI is InChI=1S/C20H20N.C17H32O2.Ir/c1-13(2)16-5-6-19-17(12-16)7-8-21-20(19)18-10-14(3)9-15(4)11-18;1-7-16(8-2,9-3)14(18)13-15(19)17(10-4,11-5)12-6;/h5-10,12-13H,1-4H3;13,18H,7-12H2,1-6H3;/q-1;;/b;14-13-;. The van der Waals surface area contributed by atoms with Gasteiger partial charge in [-0.2, -0.15) is 0 Å². The van der Waals surface area contributed by atoms with Crippen LogP contribution in [-0.2, 0) is 24.9 Å². The van der Waals surface area contributed by atoms with E-state index in [2.05, 4.69) is 117 Å². The van der Waals surface area contributed by atoms with E-state index in [0.29, 0.717) is 5.92 Å². The molecule has 2 aromatic carbocycles. The Hall–Kier alpha value is -2.29. The third-order valence-corrected chi connectivity index (χ3v) is 9.25. The SMILES string of the molecule is CCC(CC)(CC)C(=O)/C=C(\O)C(CC)(CC)CC.Cc1[c-]c(-c2nccc3cc(C(C)C)ccc23)cc(C)c1.[Ir]. The molecule has 0 amide bonds. The van der Waals surface area contributed by atoms with Crippen molar-refractivity contribution >= 4 is 16.6 Å². The number of aryl methyl sites for hydroxylation is 2. The number of aliphatic hydroxyl groups is 1. The Morgan fingerprint density at radius 2 is 1.44 bits per heavy atom. The number of hydrogen-bond donors (Lipinski definition) is 1. The molecule has 4 heteroatoms. The van der Waals surface area contributed by atoms with Crippen LogP contribution in [-0.4, -0.2) is 15.9 Å². The number of carbonyl (C=O) groups excluding carboxylic acids is 1. The Morgan fingerprint density at radius 3 is 1.93 bits per heavy atom. The van der Waals surface area contributed by atoms with Gasteiger partial charge in [0.2, 0.25) is 0 Å². The normalized spacial score (nSPS) is 12.1. The van der Waals surface area contributed by atoms with E-state index in [1.54, 1.807) is 0 Å². The fourth-order valence-electron chi connectivity index (χ4n) is 5.79. The second-order valence-electron chi connectivity index (χ2n) is 11.6. The number of fused-ring (bicyclic) bond motifs is 1. The number of allylic oxidation sites excluding steroid dienone is 2. The molecule has 1 heterocycles. The minimum absolute atomic E-state index is 0. The minimum atomic E-state index is -0.297. The summed E-state index contributed by atoms with van der Waals surface area (Å²) in [4.78, 5) is 17.1. The number of benzene rings is 2. The van der Waals surface area contributed by atoms with Gasteiger partial charge in [0.1, 0.15) is 5.76 Å². The van der Waals surface area contributed by atoms with E-state index in [1.165, 1.54) is 28.0 Å². The fourth-order valence-corrected chi connectivity index (χ4v) is 5.79. The molecule has 0 saturated heterocycles.